The van der Waals surface area contributed by atoms with Crippen LogP contribution >= 0.6 is 0 Å². The fraction of sp³-hybridized carbons (Fsp3) is 0.111. The van der Waals surface area contributed by atoms with Crippen LogP contribution in [0.25, 0.3) is 44.1 Å². The largest absolute Gasteiger partial charge is 0.493 e. The van der Waals surface area contributed by atoms with E-state index >= 15 is 0 Å². The highest BCUT2D eigenvalue weighted by molar-refractivity contribution is 6.11. The van der Waals surface area contributed by atoms with Crippen molar-refractivity contribution >= 4 is 32.8 Å². The Balaban J connectivity index is 1.47. The van der Waals surface area contributed by atoms with Gasteiger partial charge < -0.3 is 14.5 Å². The lowest BCUT2D eigenvalue weighted by atomic mass is 10.0. The number of rotatable bonds is 5. The number of methoxy groups -OCH3 is 1. The van der Waals surface area contributed by atoms with E-state index in [1.807, 2.05) is 54.5 Å². The molecule has 0 unspecified atom stereocenters. The van der Waals surface area contributed by atoms with Gasteiger partial charge in [-0.05, 0) is 30.3 Å². The number of aromatic nitrogens is 5. The monoisotopic (exact) mass is 460 g/mol. The molecule has 8 nitrogen and oxygen atoms in total. The van der Waals surface area contributed by atoms with Gasteiger partial charge in [-0.1, -0.05) is 12.1 Å². The maximum absolute atomic E-state index is 9.16. The summed E-state index contributed by atoms with van der Waals surface area (Å²) in [6, 6.07) is 17.5. The smallest absolute Gasteiger partial charge is 0.162 e. The van der Waals surface area contributed by atoms with E-state index in [1.165, 1.54) is 0 Å². The molecule has 0 spiro atoms. The third-order valence-electron chi connectivity index (χ3n) is 6.11. The zero-order valence-corrected chi connectivity index (χ0v) is 19.1. The quantitative estimate of drug-likeness (QED) is 0.383. The summed E-state index contributed by atoms with van der Waals surface area (Å²) in [4.78, 5) is 12.2. The first-order valence-electron chi connectivity index (χ1n) is 11.0. The van der Waals surface area contributed by atoms with Crippen molar-refractivity contribution < 1.29 is 9.47 Å². The van der Waals surface area contributed by atoms with Gasteiger partial charge in [0.2, 0.25) is 0 Å². The number of aromatic amines is 1. The summed E-state index contributed by atoms with van der Waals surface area (Å²) in [5, 5.41) is 16.8. The molecule has 0 amide bonds. The number of pyridine rings is 2. The van der Waals surface area contributed by atoms with E-state index in [0.29, 0.717) is 23.7 Å². The van der Waals surface area contributed by atoms with Crippen molar-refractivity contribution in [1.82, 2.24) is 24.7 Å². The Morgan fingerprint density at radius 2 is 1.89 bits per heavy atom. The minimum absolute atomic E-state index is 0.342. The zero-order valence-electron chi connectivity index (χ0n) is 19.1. The molecule has 0 aliphatic rings. The molecule has 4 heterocycles. The normalized spacial score (nSPS) is 11.2. The molecule has 6 rings (SSSR count). The Bertz CT molecular complexity index is 1760. The number of nitriles is 1. The molecule has 0 aliphatic carbocycles. The van der Waals surface area contributed by atoms with Crippen LogP contribution in [-0.4, -0.2) is 31.8 Å². The molecule has 1 N–H and O–H groups in total. The van der Waals surface area contributed by atoms with E-state index in [1.54, 1.807) is 25.4 Å². The second-order valence-electron chi connectivity index (χ2n) is 8.25. The van der Waals surface area contributed by atoms with Crippen molar-refractivity contribution in [3.63, 3.8) is 0 Å². The van der Waals surface area contributed by atoms with Gasteiger partial charge in [0, 0.05) is 52.8 Å². The maximum atomic E-state index is 9.16. The minimum atomic E-state index is 0.342. The fourth-order valence-corrected chi connectivity index (χ4v) is 4.34. The van der Waals surface area contributed by atoms with Crippen LogP contribution in [0.2, 0.25) is 0 Å². The average Bonchev–Trinajstić information content (AvgIpc) is 3.51. The van der Waals surface area contributed by atoms with Gasteiger partial charge in [0.05, 0.1) is 36.0 Å². The van der Waals surface area contributed by atoms with Crippen LogP contribution in [-0.2, 0) is 13.7 Å². The molecule has 4 aromatic heterocycles. The number of nitrogens with one attached hydrogen (secondary N) is 1. The van der Waals surface area contributed by atoms with Gasteiger partial charge >= 0.3 is 0 Å². The lowest BCUT2D eigenvalue weighted by Gasteiger charge is -2.13. The number of H-pyrrole nitrogens is 1. The Kier molecular flexibility index (Phi) is 4.82. The molecule has 0 saturated carbocycles. The molecular formula is C27H20N6O2. The van der Waals surface area contributed by atoms with Crippen LogP contribution in [0.1, 0.15) is 11.1 Å². The Morgan fingerprint density at radius 1 is 1.03 bits per heavy atom. The van der Waals surface area contributed by atoms with Crippen molar-refractivity contribution in [3.05, 3.63) is 78.2 Å². The number of aryl methyl sites for hydroxylation is 1. The summed E-state index contributed by atoms with van der Waals surface area (Å²) in [5.41, 5.74) is 5.82. The minimum Gasteiger partial charge on any atom is -0.493 e. The number of ether oxygens (including phenoxy) is 2. The molecule has 8 heteroatoms. The lowest BCUT2D eigenvalue weighted by Crippen LogP contribution is -1.99. The first-order chi connectivity index (χ1) is 17.1. The van der Waals surface area contributed by atoms with Gasteiger partial charge in [0.15, 0.2) is 11.5 Å². The first-order valence-corrected chi connectivity index (χ1v) is 11.0. The van der Waals surface area contributed by atoms with E-state index in [9.17, 15) is 0 Å². The van der Waals surface area contributed by atoms with E-state index in [2.05, 4.69) is 27.1 Å². The number of fused-ring (bicyclic) bond motifs is 4. The lowest BCUT2D eigenvalue weighted by molar-refractivity contribution is 0.285. The van der Waals surface area contributed by atoms with Crippen molar-refractivity contribution in [2.45, 2.75) is 6.61 Å². The molecule has 0 radical (unpaired) electrons. The van der Waals surface area contributed by atoms with Crippen molar-refractivity contribution in [2.75, 3.05) is 7.11 Å². The number of nitrogens with zero attached hydrogens (tertiary/aromatic N) is 5. The first kappa shape index (κ1) is 20.7. The van der Waals surface area contributed by atoms with Gasteiger partial charge in [-0.3, -0.25) is 9.67 Å². The van der Waals surface area contributed by atoms with Crippen LogP contribution in [0.4, 0.5) is 0 Å². The van der Waals surface area contributed by atoms with E-state index < -0.39 is 0 Å². The Morgan fingerprint density at radius 3 is 2.69 bits per heavy atom. The van der Waals surface area contributed by atoms with Gasteiger partial charge in [-0.25, -0.2) is 4.98 Å². The summed E-state index contributed by atoms with van der Waals surface area (Å²) >= 11 is 0. The van der Waals surface area contributed by atoms with Crippen LogP contribution < -0.4 is 9.47 Å². The molecule has 0 bridgehead atoms. The molecule has 170 valence electrons. The van der Waals surface area contributed by atoms with Gasteiger partial charge in [-0.15, -0.1) is 0 Å². The Labute approximate surface area is 200 Å². The molecule has 0 aliphatic heterocycles. The van der Waals surface area contributed by atoms with Crippen molar-refractivity contribution in [2.24, 2.45) is 7.05 Å². The average molecular weight is 460 g/mol. The summed E-state index contributed by atoms with van der Waals surface area (Å²) in [6.45, 7) is 0.342. The Hall–Kier alpha value is -4.90. The number of hydrogen-bond donors (Lipinski definition) is 1. The summed E-state index contributed by atoms with van der Waals surface area (Å²) < 4.78 is 13.7. The standard InChI is InChI=1S/C27H20N6O2/c1-33-22-14-30-21-11-23(34-2)24(35-15-17-9-19-7-8-29-27(19)31-13-17)10-20(21)25(22)26(32-33)18-5-3-16(12-28)4-6-18/h3-11,13-14H,15H2,1-2H3,(H,29,31). The third kappa shape index (κ3) is 3.50. The molecule has 0 saturated heterocycles. The van der Waals surface area contributed by atoms with Crippen LogP contribution in [0, 0.1) is 11.3 Å². The van der Waals surface area contributed by atoms with Gasteiger partial charge in [0.25, 0.3) is 0 Å². The van der Waals surface area contributed by atoms with Gasteiger partial charge in [0.1, 0.15) is 17.9 Å². The highest BCUT2D eigenvalue weighted by atomic mass is 16.5. The molecular weight excluding hydrogens is 440 g/mol. The molecule has 2 aromatic carbocycles. The van der Waals surface area contributed by atoms with E-state index in [0.717, 1.165) is 49.7 Å². The second-order valence-corrected chi connectivity index (χ2v) is 8.25. The molecule has 0 fully saturated rings. The van der Waals surface area contributed by atoms with Crippen LogP contribution in [0.5, 0.6) is 11.5 Å². The highest BCUT2D eigenvalue weighted by Gasteiger charge is 2.18. The third-order valence-corrected chi connectivity index (χ3v) is 6.11. The molecule has 35 heavy (non-hydrogen) atoms. The predicted molar refractivity (Wildman–Crippen MR) is 133 cm³/mol. The fourth-order valence-electron chi connectivity index (χ4n) is 4.34. The van der Waals surface area contributed by atoms with Crippen LogP contribution in [0.15, 0.2) is 67.1 Å². The van der Waals surface area contributed by atoms with Crippen molar-refractivity contribution in [3.8, 4) is 28.8 Å². The zero-order chi connectivity index (χ0) is 23.9. The summed E-state index contributed by atoms with van der Waals surface area (Å²) in [7, 11) is 3.51. The summed E-state index contributed by atoms with van der Waals surface area (Å²) in [5.74, 6) is 1.21. The van der Waals surface area contributed by atoms with Crippen molar-refractivity contribution in [1.29, 1.82) is 5.26 Å². The topological polar surface area (TPSA) is 102 Å². The molecule has 0 atom stereocenters. The highest BCUT2D eigenvalue weighted by Crippen LogP contribution is 2.38. The SMILES string of the molecule is COc1cc2ncc3c(c(-c4ccc(C#N)cc4)nn3C)c2cc1OCc1cnc2[nH]ccc2c1. The summed E-state index contributed by atoms with van der Waals surface area (Å²) in [6.07, 6.45) is 5.48. The second kappa shape index (κ2) is 8.15. The van der Waals surface area contributed by atoms with E-state index in [-0.39, 0.29) is 0 Å². The maximum Gasteiger partial charge on any atom is 0.162 e. The van der Waals surface area contributed by atoms with Gasteiger partial charge in [-0.2, -0.15) is 10.4 Å². The van der Waals surface area contributed by atoms with Crippen LogP contribution in [0.3, 0.4) is 0 Å². The number of hydrogen-bond acceptors (Lipinski definition) is 6. The predicted octanol–water partition coefficient (Wildman–Crippen LogP) is 5.12. The number of benzene rings is 2. The van der Waals surface area contributed by atoms with E-state index in [4.69, 9.17) is 19.8 Å². The molecule has 6 aromatic rings.